The van der Waals surface area contributed by atoms with Crippen molar-refractivity contribution < 1.29 is 4.74 Å². The van der Waals surface area contributed by atoms with E-state index in [1.807, 2.05) is 30.3 Å². The van der Waals surface area contributed by atoms with Crippen molar-refractivity contribution in [2.24, 2.45) is 5.73 Å². The van der Waals surface area contributed by atoms with Crippen LogP contribution in [0.15, 0.2) is 47.4 Å². The normalized spacial score (nSPS) is 10.4. The molecule has 0 saturated carbocycles. The van der Waals surface area contributed by atoms with Crippen molar-refractivity contribution in [3.05, 3.63) is 58.5 Å². The van der Waals surface area contributed by atoms with E-state index in [4.69, 9.17) is 10.5 Å². The summed E-state index contributed by atoms with van der Waals surface area (Å²) in [7, 11) is 0. The molecule has 2 aromatic rings. The van der Waals surface area contributed by atoms with Gasteiger partial charge in [0.1, 0.15) is 12.4 Å². The van der Waals surface area contributed by atoms with Crippen molar-refractivity contribution >= 4 is 0 Å². The number of benzene rings is 1. The Kier molecular flexibility index (Phi) is 4.69. The van der Waals surface area contributed by atoms with E-state index >= 15 is 0 Å². The van der Waals surface area contributed by atoms with E-state index in [2.05, 4.69) is 5.10 Å². The molecule has 0 radical (unpaired) electrons. The zero-order valence-corrected chi connectivity index (χ0v) is 10.7. The first-order valence-electron chi connectivity index (χ1n) is 6.23. The molecule has 5 heteroatoms. The first kappa shape index (κ1) is 13.3. The standard InChI is InChI=1S/C14H17N3O2/c15-7-9-19-13-10-14(18)17(16-11-13)8-6-12-4-2-1-3-5-12/h1-5,10-11H,6-9,15H2. The van der Waals surface area contributed by atoms with Crippen molar-refractivity contribution in [1.29, 1.82) is 0 Å². The number of nitrogens with zero attached hydrogens (tertiary/aromatic N) is 2. The van der Waals surface area contributed by atoms with E-state index < -0.39 is 0 Å². The molecule has 2 rings (SSSR count). The lowest BCUT2D eigenvalue weighted by Gasteiger charge is -2.07. The van der Waals surface area contributed by atoms with Crippen LogP contribution in [0.2, 0.25) is 0 Å². The number of hydrogen-bond donors (Lipinski definition) is 1. The molecule has 2 N–H and O–H groups in total. The average molecular weight is 259 g/mol. The average Bonchev–Trinajstić information content (AvgIpc) is 2.45. The highest BCUT2D eigenvalue weighted by Crippen LogP contribution is 2.04. The van der Waals surface area contributed by atoms with E-state index in [1.165, 1.54) is 16.3 Å². The van der Waals surface area contributed by atoms with Crippen molar-refractivity contribution in [3.63, 3.8) is 0 Å². The molecular weight excluding hydrogens is 242 g/mol. The molecule has 0 atom stereocenters. The van der Waals surface area contributed by atoms with Crippen LogP contribution in [0.5, 0.6) is 5.75 Å². The predicted molar refractivity (Wildman–Crippen MR) is 73.2 cm³/mol. The van der Waals surface area contributed by atoms with Crippen molar-refractivity contribution in [2.45, 2.75) is 13.0 Å². The van der Waals surface area contributed by atoms with Crippen LogP contribution >= 0.6 is 0 Å². The lowest BCUT2D eigenvalue weighted by atomic mass is 10.1. The Balaban J connectivity index is 1.99. The summed E-state index contributed by atoms with van der Waals surface area (Å²) in [6.45, 7) is 1.35. The minimum atomic E-state index is -0.162. The fourth-order valence-corrected chi connectivity index (χ4v) is 1.72. The summed E-state index contributed by atoms with van der Waals surface area (Å²) in [6.07, 6.45) is 2.32. The molecule has 1 aromatic carbocycles. The predicted octanol–water partition coefficient (Wildman–Crippen LogP) is 0.823. The van der Waals surface area contributed by atoms with Gasteiger partial charge in [-0.05, 0) is 12.0 Å². The smallest absolute Gasteiger partial charge is 0.270 e. The van der Waals surface area contributed by atoms with Gasteiger partial charge in [0.2, 0.25) is 0 Å². The Labute approximate surface area is 111 Å². The molecule has 0 fully saturated rings. The van der Waals surface area contributed by atoms with Gasteiger partial charge >= 0.3 is 0 Å². The quantitative estimate of drug-likeness (QED) is 0.834. The maximum atomic E-state index is 11.8. The maximum absolute atomic E-state index is 11.8. The summed E-state index contributed by atoms with van der Waals surface area (Å²) in [6, 6.07) is 11.4. The highest BCUT2D eigenvalue weighted by molar-refractivity contribution is 5.15. The van der Waals surface area contributed by atoms with E-state index in [0.717, 1.165) is 6.42 Å². The lowest BCUT2D eigenvalue weighted by Crippen LogP contribution is -2.23. The molecule has 100 valence electrons. The second-order valence-corrected chi connectivity index (χ2v) is 4.13. The molecule has 0 amide bonds. The van der Waals surface area contributed by atoms with Gasteiger partial charge in [-0.2, -0.15) is 5.10 Å². The molecule has 1 aromatic heterocycles. The van der Waals surface area contributed by atoms with Crippen LogP contribution in [0.25, 0.3) is 0 Å². The summed E-state index contributed by atoms with van der Waals surface area (Å²) < 4.78 is 6.69. The zero-order valence-electron chi connectivity index (χ0n) is 10.7. The fourth-order valence-electron chi connectivity index (χ4n) is 1.72. The van der Waals surface area contributed by atoms with Crippen LogP contribution in [0.3, 0.4) is 0 Å². The van der Waals surface area contributed by atoms with Crippen molar-refractivity contribution in [2.75, 3.05) is 13.2 Å². The summed E-state index contributed by atoms with van der Waals surface area (Å²) in [4.78, 5) is 11.8. The molecule has 0 saturated heterocycles. The second-order valence-electron chi connectivity index (χ2n) is 4.13. The van der Waals surface area contributed by atoms with Crippen LogP contribution in [0.1, 0.15) is 5.56 Å². The van der Waals surface area contributed by atoms with Gasteiger partial charge in [0, 0.05) is 19.2 Å². The molecule has 0 unspecified atom stereocenters. The Morgan fingerprint density at radius 3 is 2.74 bits per heavy atom. The van der Waals surface area contributed by atoms with Crippen molar-refractivity contribution in [3.8, 4) is 5.75 Å². The number of nitrogens with two attached hydrogens (primary N) is 1. The van der Waals surface area contributed by atoms with Gasteiger partial charge < -0.3 is 10.5 Å². The lowest BCUT2D eigenvalue weighted by molar-refractivity contribution is 0.323. The Hall–Kier alpha value is -2.14. The van der Waals surface area contributed by atoms with Gasteiger partial charge in [-0.1, -0.05) is 30.3 Å². The molecule has 0 bridgehead atoms. The molecule has 0 spiro atoms. The molecule has 1 heterocycles. The highest BCUT2D eigenvalue weighted by Gasteiger charge is 2.01. The fraction of sp³-hybridized carbons (Fsp3) is 0.286. The minimum Gasteiger partial charge on any atom is -0.490 e. The number of aromatic nitrogens is 2. The van der Waals surface area contributed by atoms with Crippen LogP contribution in [-0.4, -0.2) is 22.9 Å². The third kappa shape index (κ3) is 3.93. The molecule has 0 aliphatic heterocycles. The Morgan fingerprint density at radius 1 is 1.26 bits per heavy atom. The van der Waals surface area contributed by atoms with Crippen LogP contribution < -0.4 is 16.0 Å². The molecule has 19 heavy (non-hydrogen) atoms. The molecule has 0 aliphatic rings. The van der Waals surface area contributed by atoms with Gasteiger partial charge in [-0.15, -0.1) is 0 Å². The largest absolute Gasteiger partial charge is 0.490 e. The first-order chi connectivity index (χ1) is 9.29. The topological polar surface area (TPSA) is 70.1 Å². The van der Waals surface area contributed by atoms with Crippen LogP contribution in [-0.2, 0) is 13.0 Å². The van der Waals surface area contributed by atoms with Crippen molar-refractivity contribution in [1.82, 2.24) is 9.78 Å². The third-order valence-corrected chi connectivity index (χ3v) is 2.69. The second kappa shape index (κ2) is 6.70. The summed E-state index contributed by atoms with van der Waals surface area (Å²) >= 11 is 0. The highest BCUT2D eigenvalue weighted by atomic mass is 16.5. The van der Waals surface area contributed by atoms with Crippen LogP contribution in [0.4, 0.5) is 0 Å². The Morgan fingerprint density at radius 2 is 2.05 bits per heavy atom. The maximum Gasteiger partial charge on any atom is 0.270 e. The minimum absolute atomic E-state index is 0.162. The molecule has 0 aliphatic carbocycles. The van der Waals surface area contributed by atoms with E-state index in [9.17, 15) is 4.79 Å². The van der Waals surface area contributed by atoms with Gasteiger partial charge in [0.25, 0.3) is 5.56 Å². The summed E-state index contributed by atoms with van der Waals surface area (Å²) in [5.41, 5.74) is 6.35. The monoisotopic (exact) mass is 259 g/mol. The van der Waals surface area contributed by atoms with Gasteiger partial charge in [0.15, 0.2) is 0 Å². The molecule has 5 nitrogen and oxygen atoms in total. The van der Waals surface area contributed by atoms with E-state index in [0.29, 0.717) is 25.4 Å². The van der Waals surface area contributed by atoms with Gasteiger partial charge in [-0.3, -0.25) is 4.79 Å². The number of aryl methyl sites for hydroxylation is 2. The Bertz CT molecular complexity index is 566. The summed E-state index contributed by atoms with van der Waals surface area (Å²) in [5.74, 6) is 0.464. The zero-order chi connectivity index (χ0) is 13.5. The van der Waals surface area contributed by atoms with E-state index in [1.54, 1.807) is 6.20 Å². The SMILES string of the molecule is NCCOc1cnn(CCc2ccccc2)c(=O)c1. The number of rotatable bonds is 6. The molecular formula is C14H17N3O2. The van der Waals surface area contributed by atoms with Crippen LogP contribution in [0, 0.1) is 0 Å². The van der Waals surface area contributed by atoms with Gasteiger partial charge in [0.05, 0.1) is 6.20 Å². The summed E-state index contributed by atoms with van der Waals surface area (Å²) in [5, 5.41) is 4.08. The first-order valence-corrected chi connectivity index (χ1v) is 6.23. The third-order valence-electron chi connectivity index (χ3n) is 2.69. The van der Waals surface area contributed by atoms with Gasteiger partial charge in [-0.25, -0.2) is 4.68 Å². The number of ether oxygens (including phenoxy) is 1. The van der Waals surface area contributed by atoms with E-state index in [-0.39, 0.29) is 5.56 Å². The number of hydrogen-bond acceptors (Lipinski definition) is 4.